The van der Waals surface area contributed by atoms with Crippen LogP contribution in [0.15, 0.2) is 42.5 Å². The van der Waals surface area contributed by atoms with Gasteiger partial charge in [-0.3, -0.25) is 9.59 Å². The lowest BCUT2D eigenvalue weighted by atomic mass is 10.1. The summed E-state index contributed by atoms with van der Waals surface area (Å²) in [4.78, 5) is 24.3. The molecular formula is C17H16Cl2N2O2. The SMILES string of the molecule is CC(C)NC(=O)c1cccc(C(=O)Nc2cccc(Cl)c2Cl)c1. The second-order valence-corrected chi connectivity index (χ2v) is 6.05. The van der Waals surface area contributed by atoms with Crippen LogP contribution in [-0.2, 0) is 0 Å². The minimum atomic E-state index is -0.367. The van der Waals surface area contributed by atoms with Crippen LogP contribution < -0.4 is 10.6 Å². The second-order valence-electron chi connectivity index (χ2n) is 5.26. The Labute approximate surface area is 144 Å². The van der Waals surface area contributed by atoms with E-state index in [4.69, 9.17) is 23.2 Å². The lowest BCUT2D eigenvalue weighted by Gasteiger charge is -2.10. The van der Waals surface area contributed by atoms with E-state index < -0.39 is 0 Å². The summed E-state index contributed by atoms with van der Waals surface area (Å²) in [5, 5.41) is 6.10. The van der Waals surface area contributed by atoms with Gasteiger partial charge < -0.3 is 10.6 Å². The Morgan fingerprint density at radius 3 is 2.22 bits per heavy atom. The third kappa shape index (κ3) is 4.47. The van der Waals surface area contributed by atoms with Crippen molar-refractivity contribution in [3.63, 3.8) is 0 Å². The molecule has 0 atom stereocenters. The van der Waals surface area contributed by atoms with Gasteiger partial charge >= 0.3 is 0 Å². The molecular weight excluding hydrogens is 335 g/mol. The molecule has 23 heavy (non-hydrogen) atoms. The fourth-order valence-electron chi connectivity index (χ4n) is 1.94. The number of halogens is 2. The summed E-state index contributed by atoms with van der Waals surface area (Å²) in [6.07, 6.45) is 0. The van der Waals surface area contributed by atoms with E-state index in [1.54, 1.807) is 36.4 Å². The summed E-state index contributed by atoms with van der Waals surface area (Å²) >= 11 is 12.0. The van der Waals surface area contributed by atoms with Gasteiger partial charge in [-0.15, -0.1) is 0 Å². The maximum Gasteiger partial charge on any atom is 0.255 e. The van der Waals surface area contributed by atoms with E-state index in [0.717, 1.165) is 0 Å². The number of carbonyl (C=O) groups is 2. The molecule has 0 saturated carbocycles. The van der Waals surface area contributed by atoms with E-state index in [1.165, 1.54) is 6.07 Å². The number of nitrogens with one attached hydrogen (secondary N) is 2. The summed E-state index contributed by atoms with van der Waals surface area (Å²) in [6.45, 7) is 3.74. The Morgan fingerprint density at radius 2 is 1.57 bits per heavy atom. The molecule has 2 N–H and O–H groups in total. The molecule has 0 spiro atoms. The minimum absolute atomic E-state index is 0.0187. The van der Waals surface area contributed by atoms with Crippen molar-refractivity contribution in [2.75, 3.05) is 5.32 Å². The predicted octanol–water partition coefficient (Wildman–Crippen LogP) is 4.38. The number of hydrogen-bond acceptors (Lipinski definition) is 2. The molecule has 0 radical (unpaired) electrons. The van der Waals surface area contributed by atoms with Crippen molar-refractivity contribution >= 4 is 40.7 Å². The van der Waals surface area contributed by atoms with Crippen molar-refractivity contribution in [1.82, 2.24) is 5.32 Å². The van der Waals surface area contributed by atoms with Crippen molar-refractivity contribution in [2.24, 2.45) is 0 Å². The third-order valence-electron chi connectivity index (χ3n) is 3.01. The van der Waals surface area contributed by atoms with E-state index in [9.17, 15) is 9.59 Å². The van der Waals surface area contributed by atoms with Gasteiger partial charge in [-0.1, -0.05) is 35.3 Å². The largest absolute Gasteiger partial charge is 0.350 e. The molecule has 0 heterocycles. The maximum absolute atomic E-state index is 12.3. The summed E-state index contributed by atoms with van der Waals surface area (Å²) in [6, 6.07) is 11.5. The summed E-state index contributed by atoms with van der Waals surface area (Å²) < 4.78 is 0. The molecule has 4 nitrogen and oxygen atoms in total. The molecule has 6 heteroatoms. The van der Waals surface area contributed by atoms with Gasteiger partial charge in [0.05, 0.1) is 15.7 Å². The highest BCUT2D eigenvalue weighted by molar-refractivity contribution is 6.44. The topological polar surface area (TPSA) is 58.2 Å². The number of rotatable bonds is 4. The van der Waals surface area contributed by atoms with Crippen LogP contribution in [0.3, 0.4) is 0 Å². The second kappa shape index (κ2) is 7.49. The first kappa shape index (κ1) is 17.3. The molecule has 0 aliphatic rings. The van der Waals surface area contributed by atoms with Crippen molar-refractivity contribution in [2.45, 2.75) is 19.9 Å². The molecule has 120 valence electrons. The van der Waals surface area contributed by atoms with Crippen LogP contribution in [0.2, 0.25) is 10.0 Å². The Hall–Kier alpha value is -2.04. The zero-order valence-electron chi connectivity index (χ0n) is 12.7. The number of hydrogen-bond donors (Lipinski definition) is 2. The average Bonchev–Trinajstić information content (AvgIpc) is 2.51. The monoisotopic (exact) mass is 350 g/mol. The van der Waals surface area contributed by atoms with Crippen molar-refractivity contribution in [3.05, 3.63) is 63.6 Å². The fourth-order valence-corrected chi connectivity index (χ4v) is 2.29. The first-order valence-electron chi connectivity index (χ1n) is 7.04. The summed E-state index contributed by atoms with van der Waals surface area (Å²) in [5.74, 6) is -0.594. The molecule has 0 aromatic heterocycles. The van der Waals surface area contributed by atoms with Gasteiger partial charge in [0.25, 0.3) is 11.8 Å². The van der Waals surface area contributed by atoms with Gasteiger partial charge in [-0.05, 0) is 44.2 Å². The van der Waals surface area contributed by atoms with Gasteiger partial charge in [0.1, 0.15) is 0 Å². The van der Waals surface area contributed by atoms with Crippen LogP contribution >= 0.6 is 23.2 Å². The molecule has 2 aromatic carbocycles. The van der Waals surface area contributed by atoms with Gasteiger partial charge in [0.2, 0.25) is 0 Å². The highest BCUT2D eigenvalue weighted by atomic mass is 35.5. The third-order valence-corrected chi connectivity index (χ3v) is 3.83. The molecule has 0 aliphatic heterocycles. The van der Waals surface area contributed by atoms with Gasteiger partial charge in [-0.2, -0.15) is 0 Å². The first-order valence-corrected chi connectivity index (χ1v) is 7.80. The van der Waals surface area contributed by atoms with E-state index in [0.29, 0.717) is 21.8 Å². The van der Waals surface area contributed by atoms with E-state index in [2.05, 4.69) is 10.6 Å². The molecule has 0 unspecified atom stereocenters. The normalized spacial score (nSPS) is 10.5. The molecule has 0 saturated heterocycles. The van der Waals surface area contributed by atoms with Crippen molar-refractivity contribution in [3.8, 4) is 0 Å². The number of amides is 2. The molecule has 2 aromatic rings. The lowest BCUT2D eigenvalue weighted by Crippen LogP contribution is -2.30. The zero-order chi connectivity index (χ0) is 17.0. The Kier molecular flexibility index (Phi) is 5.64. The Morgan fingerprint density at radius 1 is 0.957 bits per heavy atom. The van der Waals surface area contributed by atoms with Crippen molar-refractivity contribution < 1.29 is 9.59 Å². The van der Waals surface area contributed by atoms with Gasteiger partial charge in [0.15, 0.2) is 0 Å². The number of anilines is 1. The standard InChI is InChI=1S/C17H16Cl2N2O2/c1-10(2)20-16(22)11-5-3-6-12(9-11)17(23)21-14-8-4-7-13(18)15(14)19/h3-10H,1-2H3,(H,20,22)(H,21,23). The smallest absolute Gasteiger partial charge is 0.255 e. The fraction of sp³-hybridized carbons (Fsp3) is 0.176. The number of carbonyl (C=O) groups excluding carboxylic acids is 2. The van der Waals surface area contributed by atoms with Crippen LogP contribution in [0.5, 0.6) is 0 Å². The van der Waals surface area contributed by atoms with E-state index in [-0.39, 0.29) is 22.9 Å². The van der Waals surface area contributed by atoms with Crippen LogP contribution in [0.25, 0.3) is 0 Å². The average molecular weight is 351 g/mol. The maximum atomic E-state index is 12.3. The Bertz CT molecular complexity index is 745. The highest BCUT2D eigenvalue weighted by Gasteiger charge is 2.13. The quantitative estimate of drug-likeness (QED) is 0.859. The van der Waals surface area contributed by atoms with Crippen LogP contribution in [-0.4, -0.2) is 17.9 Å². The number of benzene rings is 2. The molecule has 0 bridgehead atoms. The molecule has 0 aliphatic carbocycles. The van der Waals surface area contributed by atoms with Crippen LogP contribution in [0, 0.1) is 0 Å². The summed E-state index contributed by atoms with van der Waals surface area (Å²) in [5.41, 5.74) is 1.20. The van der Waals surface area contributed by atoms with Gasteiger partial charge in [-0.25, -0.2) is 0 Å². The molecule has 2 rings (SSSR count). The predicted molar refractivity (Wildman–Crippen MR) is 93.5 cm³/mol. The van der Waals surface area contributed by atoms with Crippen LogP contribution in [0.1, 0.15) is 34.6 Å². The molecule has 2 amide bonds. The Balaban J connectivity index is 2.20. The minimum Gasteiger partial charge on any atom is -0.350 e. The molecule has 0 fully saturated rings. The van der Waals surface area contributed by atoms with Crippen LogP contribution in [0.4, 0.5) is 5.69 Å². The lowest BCUT2D eigenvalue weighted by molar-refractivity contribution is 0.0943. The van der Waals surface area contributed by atoms with E-state index in [1.807, 2.05) is 13.8 Å². The highest BCUT2D eigenvalue weighted by Crippen LogP contribution is 2.29. The van der Waals surface area contributed by atoms with E-state index >= 15 is 0 Å². The zero-order valence-corrected chi connectivity index (χ0v) is 14.2. The van der Waals surface area contributed by atoms with Crippen molar-refractivity contribution in [1.29, 1.82) is 0 Å². The van der Waals surface area contributed by atoms with Gasteiger partial charge in [0, 0.05) is 17.2 Å². The first-order chi connectivity index (χ1) is 10.9. The summed E-state index contributed by atoms with van der Waals surface area (Å²) in [7, 11) is 0.